The van der Waals surface area contributed by atoms with E-state index in [1.165, 1.54) is 0 Å². The molecule has 2 N–H and O–H groups in total. The SMILES string of the molecule is COc1cc(Nc2ncc3c(C)nc(-c4ccccc4NC(=O)C(C)(C)C)n3n2)cc(OC)c1OC. The van der Waals surface area contributed by atoms with Gasteiger partial charge in [0.05, 0.1) is 38.9 Å². The monoisotopic (exact) mass is 490 g/mol. The Morgan fingerprint density at radius 3 is 2.28 bits per heavy atom. The predicted octanol–water partition coefficient (Wildman–Crippen LogP) is 4.85. The number of hydrogen-bond donors (Lipinski definition) is 2. The number of amides is 1. The number of para-hydroxylation sites is 1. The molecule has 0 radical (unpaired) electrons. The summed E-state index contributed by atoms with van der Waals surface area (Å²) in [5.41, 5.74) is 3.02. The third-order valence-corrected chi connectivity index (χ3v) is 5.60. The molecular formula is C26H30N6O4. The molecule has 4 aromatic rings. The molecule has 2 heterocycles. The Bertz CT molecular complexity index is 1400. The standard InChI is InChI=1S/C26H30N6O4/c1-15-19-14-27-25(29-16-12-20(34-5)22(36-7)21(13-16)35-6)31-32(19)23(28-15)17-10-8-9-11-18(17)30-24(33)26(2,3)4/h8-14H,1-7H3,(H,29,31)(H,30,33). The Balaban J connectivity index is 1.76. The minimum atomic E-state index is -0.544. The van der Waals surface area contributed by atoms with Crippen molar-refractivity contribution < 1.29 is 19.0 Å². The molecule has 0 aliphatic carbocycles. The highest BCUT2D eigenvalue weighted by Gasteiger charge is 2.23. The maximum atomic E-state index is 12.7. The van der Waals surface area contributed by atoms with Gasteiger partial charge in [-0.1, -0.05) is 32.9 Å². The normalized spacial score (nSPS) is 11.3. The Morgan fingerprint density at radius 2 is 1.67 bits per heavy atom. The van der Waals surface area contributed by atoms with E-state index in [0.717, 1.165) is 16.8 Å². The fourth-order valence-corrected chi connectivity index (χ4v) is 3.63. The van der Waals surface area contributed by atoms with Crippen LogP contribution < -0.4 is 24.8 Å². The van der Waals surface area contributed by atoms with Crippen molar-refractivity contribution in [3.05, 3.63) is 48.3 Å². The summed E-state index contributed by atoms with van der Waals surface area (Å²) in [6.07, 6.45) is 1.70. The van der Waals surface area contributed by atoms with E-state index >= 15 is 0 Å². The first kappa shape index (κ1) is 24.8. The van der Waals surface area contributed by atoms with E-state index in [-0.39, 0.29) is 5.91 Å². The molecule has 0 saturated heterocycles. The van der Waals surface area contributed by atoms with Crippen LogP contribution in [0.4, 0.5) is 17.3 Å². The molecule has 0 unspecified atom stereocenters. The number of imidazole rings is 1. The molecule has 10 nitrogen and oxygen atoms in total. The Kier molecular flexibility index (Phi) is 6.69. The van der Waals surface area contributed by atoms with E-state index in [0.29, 0.717) is 40.4 Å². The largest absolute Gasteiger partial charge is 0.493 e. The van der Waals surface area contributed by atoms with Crippen LogP contribution in [0.3, 0.4) is 0 Å². The van der Waals surface area contributed by atoms with Gasteiger partial charge in [-0.05, 0) is 19.1 Å². The average molecular weight is 491 g/mol. The second-order valence-electron chi connectivity index (χ2n) is 9.19. The maximum Gasteiger partial charge on any atom is 0.245 e. The third-order valence-electron chi connectivity index (χ3n) is 5.60. The van der Waals surface area contributed by atoms with Crippen molar-refractivity contribution in [2.75, 3.05) is 32.0 Å². The van der Waals surface area contributed by atoms with E-state index in [4.69, 9.17) is 24.3 Å². The summed E-state index contributed by atoms with van der Waals surface area (Å²) in [7, 11) is 4.66. The van der Waals surface area contributed by atoms with Gasteiger partial charge in [0.15, 0.2) is 17.3 Å². The predicted molar refractivity (Wildman–Crippen MR) is 138 cm³/mol. The second kappa shape index (κ2) is 9.73. The Morgan fingerprint density at radius 1 is 1.00 bits per heavy atom. The molecule has 0 aliphatic rings. The molecule has 0 aliphatic heterocycles. The minimum Gasteiger partial charge on any atom is -0.493 e. The van der Waals surface area contributed by atoms with Crippen LogP contribution in [-0.4, -0.2) is 46.8 Å². The van der Waals surface area contributed by atoms with Gasteiger partial charge >= 0.3 is 0 Å². The van der Waals surface area contributed by atoms with Crippen molar-refractivity contribution in [2.24, 2.45) is 5.41 Å². The quantitative estimate of drug-likeness (QED) is 0.378. The van der Waals surface area contributed by atoms with Crippen LogP contribution in [0.25, 0.3) is 16.9 Å². The van der Waals surface area contributed by atoms with Crippen LogP contribution in [0, 0.1) is 12.3 Å². The van der Waals surface area contributed by atoms with E-state index in [9.17, 15) is 4.79 Å². The highest BCUT2D eigenvalue weighted by atomic mass is 16.5. The summed E-state index contributed by atoms with van der Waals surface area (Å²) in [6, 6.07) is 11.1. The average Bonchev–Trinajstić information content (AvgIpc) is 3.18. The number of methoxy groups -OCH3 is 3. The van der Waals surface area contributed by atoms with Crippen LogP contribution in [0.5, 0.6) is 17.2 Å². The molecule has 188 valence electrons. The van der Waals surface area contributed by atoms with E-state index in [1.807, 2.05) is 52.0 Å². The van der Waals surface area contributed by atoms with Crippen LogP contribution in [-0.2, 0) is 4.79 Å². The lowest BCUT2D eigenvalue weighted by Crippen LogP contribution is -2.27. The lowest BCUT2D eigenvalue weighted by atomic mass is 9.95. The molecule has 0 bridgehead atoms. The van der Waals surface area contributed by atoms with Crippen molar-refractivity contribution in [1.29, 1.82) is 0 Å². The number of aryl methyl sites for hydroxylation is 1. The summed E-state index contributed by atoms with van der Waals surface area (Å²) < 4.78 is 18.0. The topological polar surface area (TPSA) is 112 Å². The van der Waals surface area contributed by atoms with Crippen molar-refractivity contribution in [3.63, 3.8) is 0 Å². The molecule has 1 amide bonds. The summed E-state index contributed by atoms with van der Waals surface area (Å²) in [5.74, 6) is 2.33. The number of hydrogen-bond acceptors (Lipinski definition) is 8. The number of carbonyl (C=O) groups is 1. The molecule has 2 aromatic carbocycles. The zero-order valence-corrected chi connectivity index (χ0v) is 21.5. The molecule has 0 atom stereocenters. The molecule has 36 heavy (non-hydrogen) atoms. The van der Waals surface area contributed by atoms with Gasteiger partial charge in [-0.15, -0.1) is 5.10 Å². The fourth-order valence-electron chi connectivity index (χ4n) is 3.63. The number of anilines is 3. The van der Waals surface area contributed by atoms with Crippen LogP contribution >= 0.6 is 0 Å². The van der Waals surface area contributed by atoms with Gasteiger partial charge in [-0.3, -0.25) is 4.79 Å². The number of benzene rings is 2. The highest BCUT2D eigenvalue weighted by molar-refractivity contribution is 5.97. The van der Waals surface area contributed by atoms with Gasteiger partial charge in [0.25, 0.3) is 0 Å². The summed E-state index contributed by atoms with van der Waals surface area (Å²) >= 11 is 0. The summed E-state index contributed by atoms with van der Waals surface area (Å²) in [5, 5.41) is 10.9. The third kappa shape index (κ3) is 4.74. The zero-order valence-electron chi connectivity index (χ0n) is 21.5. The maximum absolute atomic E-state index is 12.7. The molecule has 0 spiro atoms. The smallest absolute Gasteiger partial charge is 0.245 e. The molecule has 0 saturated carbocycles. The Labute approximate surface area is 209 Å². The molecule has 2 aromatic heterocycles. The van der Waals surface area contributed by atoms with Gasteiger partial charge in [-0.25, -0.2) is 14.5 Å². The lowest BCUT2D eigenvalue weighted by Gasteiger charge is -2.19. The lowest BCUT2D eigenvalue weighted by molar-refractivity contribution is -0.123. The molecule has 0 fully saturated rings. The van der Waals surface area contributed by atoms with E-state index in [1.54, 1.807) is 44.2 Å². The number of rotatable bonds is 7. The van der Waals surface area contributed by atoms with Gasteiger partial charge < -0.3 is 24.8 Å². The number of aromatic nitrogens is 4. The fraction of sp³-hybridized carbons (Fsp3) is 0.308. The first-order valence-corrected chi connectivity index (χ1v) is 11.4. The number of fused-ring (bicyclic) bond motifs is 1. The summed E-state index contributed by atoms with van der Waals surface area (Å²) in [4.78, 5) is 21.9. The van der Waals surface area contributed by atoms with Gasteiger partial charge in [-0.2, -0.15) is 0 Å². The molecular weight excluding hydrogens is 460 g/mol. The van der Waals surface area contributed by atoms with Crippen molar-refractivity contribution in [3.8, 4) is 28.6 Å². The summed E-state index contributed by atoms with van der Waals surface area (Å²) in [6.45, 7) is 7.50. The second-order valence-corrected chi connectivity index (χ2v) is 9.19. The van der Waals surface area contributed by atoms with Crippen LogP contribution in [0.1, 0.15) is 26.5 Å². The van der Waals surface area contributed by atoms with Gasteiger partial charge in [0.2, 0.25) is 17.6 Å². The number of ether oxygens (including phenoxy) is 3. The van der Waals surface area contributed by atoms with Crippen LogP contribution in [0.2, 0.25) is 0 Å². The van der Waals surface area contributed by atoms with Crippen LogP contribution in [0.15, 0.2) is 42.6 Å². The number of nitrogens with zero attached hydrogens (tertiary/aromatic N) is 4. The minimum absolute atomic E-state index is 0.0908. The van der Waals surface area contributed by atoms with E-state index in [2.05, 4.69) is 15.6 Å². The van der Waals surface area contributed by atoms with Crippen molar-refractivity contribution in [2.45, 2.75) is 27.7 Å². The van der Waals surface area contributed by atoms with Gasteiger partial charge in [0.1, 0.15) is 5.52 Å². The molecule has 4 rings (SSSR count). The molecule has 10 heteroatoms. The Hall–Kier alpha value is -4.34. The van der Waals surface area contributed by atoms with Gasteiger partial charge in [0, 0.05) is 28.8 Å². The zero-order chi connectivity index (χ0) is 26.0. The number of nitrogens with one attached hydrogen (secondary N) is 2. The van der Waals surface area contributed by atoms with E-state index < -0.39 is 5.41 Å². The van der Waals surface area contributed by atoms with Crippen molar-refractivity contribution >= 4 is 28.7 Å². The first-order chi connectivity index (χ1) is 17.2. The number of carbonyl (C=O) groups excluding carboxylic acids is 1. The highest BCUT2D eigenvalue weighted by Crippen LogP contribution is 2.40. The van der Waals surface area contributed by atoms with Crippen molar-refractivity contribution in [1.82, 2.24) is 19.6 Å². The first-order valence-electron chi connectivity index (χ1n) is 11.4.